The Morgan fingerprint density at radius 3 is 2.17 bits per heavy atom. The van der Waals surface area contributed by atoms with Gasteiger partial charge in [-0.15, -0.1) is 0 Å². The second-order valence-corrected chi connectivity index (χ2v) is 11.7. The number of hydrogen-bond donors (Lipinski definition) is 3. The summed E-state index contributed by atoms with van der Waals surface area (Å²) in [5.74, 6) is -0.675. The molecule has 0 saturated heterocycles. The highest BCUT2D eigenvalue weighted by Gasteiger charge is 2.36. The van der Waals surface area contributed by atoms with Gasteiger partial charge in [0.25, 0.3) is 5.91 Å². The van der Waals surface area contributed by atoms with Crippen molar-refractivity contribution in [2.45, 2.75) is 79.0 Å². The van der Waals surface area contributed by atoms with Gasteiger partial charge in [0.1, 0.15) is 23.4 Å². The highest BCUT2D eigenvalue weighted by atomic mass is 16.6. The lowest BCUT2D eigenvalue weighted by atomic mass is 9.97. The highest BCUT2D eigenvalue weighted by Crippen LogP contribution is 2.28. The number of alkyl carbamates (subject to hydrolysis) is 1. The first-order valence-corrected chi connectivity index (χ1v) is 14.3. The molecule has 42 heavy (non-hydrogen) atoms. The summed E-state index contributed by atoms with van der Waals surface area (Å²) in [5, 5.41) is 15.5. The molecule has 0 spiro atoms. The molecule has 0 saturated carbocycles. The van der Waals surface area contributed by atoms with Crippen LogP contribution in [0.1, 0.15) is 68.0 Å². The normalized spacial score (nSPS) is 12.6. The topological polar surface area (TPSA) is 108 Å². The number of rotatable bonds is 10. The van der Waals surface area contributed by atoms with Crippen LogP contribution in [0.15, 0.2) is 66.7 Å². The molecule has 0 aliphatic heterocycles. The van der Waals surface area contributed by atoms with Gasteiger partial charge in [-0.2, -0.15) is 0 Å². The molecule has 0 heterocycles. The fraction of sp³-hybridized carbons (Fsp3) is 0.382. The van der Waals surface area contributed by atoms with E-state index < -0.39 is 29.7 Å². The van der Waals surface area contributed by atoms with Crippen LogP contribution in [0, 0.1) is 20.8 Å². The number of aromatic hydroxyl groups is 1. The molecule has 0 aliphatic carbocycles. The van der Waals surface area contributed by atoms with E-state index in [1.54, 1.807) is 37.8 Å². The third-order valence-electron chi connectivity index (χ3n) is 6.92. The number of carbonyl (C=O) groups excluding carboxylic acids is 3. The fourth-order valence-corrected chi connectivity index (χ4v) is 4.65. The standard InChI is InChI=1S/C34H43N3O5/c1-8-19-37(32(40)29(36-33(41)42-34(5,6)7)21-25-14-17-27(38)18-15-25)30(26-16-13-22(2)24(4)20-26)31(39)35-28-12-10-9-11-23(28)3/h9-18,20,29-30,38H,8,19,21H2,1-7H3,(H,35,39)(H,36,41). The van der Waals surface area contributed by atoms with Crippen molar-refractivity contribution >= 4 is 23.6 Å². The van der Waals surface area contributed by atoms with E-state index in [9.17, 15) is 19.5 Å². The summed E-state index contributed by atoms with van der Waals surface area (Å²) in [6.07, 6.45) is -0.0102. The predicted octanol–water partition coefficient (Wildman–Crippen LogP) is 6.37. The monoisotopic (exact) mass is 573 g/mol. The van der Waals surface area contributed by atoms with E-state index in [0.717, 1.165) is 22.3 Å². The molecule has 3 aromatic rings. The third-order valence-corrected chi connectivity index (χ3v) is 6.92. The van der Waals surface area contributed by atoms with E-state index >= 15 is 0 Å². The number of nitrogens with one attached hydrogen (secondary N) is 2. The first-order chi connectivity index (χ1) is 19.8. The molecule has 3 amide bonds. The zero-order chi connectivity index (χ0) is 31.0. The SMILES string of the molecule is CCCN(C(=O)C(Cc1ccc(O)cc1)NC(=O)OC(C)(C)C)C(C(=O)Nc1ccccc1C)c1ccc(C)c(C)c1. The number of phenolic OH excluding ortho intramolecular Hbond substituents is 1. The lowest BCUT2D eigenvalue weighted by Crippen LogP contribution is -2.53. The van der Waals surface area contributed by atoms with Crippen molar-refractivity contribution in [3.63, 3.8) is 0 Å². The molecule has 0 aliphatic rings. The van der Waals surface area contributed by atoms with Crippen molar-refractivity contribution < 1.29 is 24.2 Å². The lowest BCUT2D eigenvalue weighted by Gasteiger charge is -2.34. The average Bonchev–Trinajstić information content (AvgIpc) is 2.91. The van der Waals surface area contributed by atoms with Crippen molar-refractivity contribution in [2.24, 2.45) is 0 Å². The number of para-hydroxylation sites is 1. The van der Waals surface area contributed by atoms with Crippen molar-refractivity contribution in [1.29, 1.82) is 0 Å². The Hall–Kier alpha value is -4.33. The molecule has 3 aromatic carbocycles. The van der Waals surface area contributed by atoms with Crippen LogP contribution in [0.2, 0.25) is 0 Å². The summed E-state index contributed by atoms with van der Waals surface area (Å²) >= 11 is 0. The molecule has 0 fully saturated rings. The van der Waals surface area contributed by atoms with E-state index in [0.29, 0.717) is 17.7 Å². The molecule has 8 heteroatoms. The smallest absolute Gasteiger partial charge is 0.408 e. The maximum Gasteiger partial charge on any atom is 0.408 e. The third kappa shape index (κ3) is 8.83. The van der Waals surface area contributed by atoms with Crippen molar-refractivity contribution in [3.05, 3.63) is 94.5 Å². The molecular formula is C34H43N3O5. The van der Waals surface area contributed by atoms with E-state index in [4.69, 9.17) is 4.74 Å². The van der Waals surface area contributed by atoms with Gasteiger partial charge >= 0.3 is 6.09 Å². The van der Waals surface area contributed by atoms with Gasteiger partial charge in [-0.1, -0.05) is 55.5 Å². The quantitative estimate of drug-likeness (QED) is 0.261. The van der Waals surface area contributed by atoms with Crippen molar-refractivity contribution in [3.8, 4) is 5.75 Å². The first-order valence-electron chi connectivity index (χ1n) is 14.3. The number of anilines is 1. The minimum Gasteiger partial charge on any atom is -0.508 e. The maximum absolute atomic E-state index is 14.4. The number of nitrogens with zero attached hydrogens (tertiary/aromatic N) is 1. The lowest BCUT2D eigenvalue weighted by molar-refractivity contribution is -0.140. The average molecular weight is 574 g/mol. The van der Waals surface area contributed by atoms with Gasteiger partial charge < -0.3 is 25.4 Å². The summed E-state index contributed by atoms with van der Waals surface area (Å²) in [6.45, 7) is 13.3. The molecule has 0 aromatic heterocycles. The molecule has 0 radical (unpaired) electrons. The van der Waals surface area contributed by atoms with Gasteiger partial charge in [0.15, 0.2) is 0 Å². The Morgan fingerprint density at radius 1 is 0.905 bits per heavy atom. The number of hydrogen-bond acceptors (Lipinski definition) is 5. The fourth-order valence-electron chi connectivity index (χ4n) is 4.65. The Bertz CT molecular complexity index is 1400. The Kier molecular flexibility index (Phi) is 10.8. The molecule has 224 valence electrons. The summed E-state index contributed by atoms with van der Waals surface area (Å²) in [5.41, 5.74) is 4.26. The van der Waals surface area contributed by atoms with Crippen LogP contribution in [-0.4, -0.2) is 46.1 Å². The summed E-state index contributed by atoms with van der Waals surface area (Å²) in [7, 11) is 0. The summed E-state index contributed by atoms with van der Waals surface area (Å²) in [4.78, 5) is 42.9. The van der Waals surface area contributed by atoms with Gasteiger partial charge in [0.2, 0.25) is 5.91 Å². The number of ether oxygens (including phenoxy) is 1. The minimum atomic E-state index is -1.03. The zero-order valence-electron chi connectivity index (χ0n) is 25.7. The van der Waals surface area contributed by atoms with E-state index in [2.05, 4.69) is 10.6 Å². The van der Waals surface area contributed by atoms with Crippen LogP contribution in [-0.2, 0) is 20.7 Å². The predicted molar refractivity (Wildman–Crippen MR) is 165 cm³/mol. The summed E-state index contributed by atoms with van der Waals surface area (Å²) in [6, 6.07) is 17.7. The number of aryl methyl sites for hydroxylation is 3. The second kappa shape index (κ2) is 14.0. The van der Waals surface area contributed by atoms with Crippen LogP contribution in [0.5, 0.6) is 5.75 Å². The van der Waals surface area contributed by atoms with Crippen molar-refractivity contribution in [1.82, 2.24) is 10.2 Å². The molecule has 2 unspecified atom stereocenters. The zero-order valence-corrected chi connectivity index (χ0v) is 25.7. The van der Waals surface area contributed by atoms with Gasteiger partial charge in [-0.25, -0.2) is 4.79 Å². The van der Waals surface area contributed by atoms with Gasteiger partial charge in [-0.05, 0) is 94.0 Å². The summed E-state index contributed by atoms with van der Waals surface area (Å²) < 4.78 is 5.49. The Labute approximate surface area is 249 Å². The van der Waals surface area contributed by atoms with Gasteiger partial charge in [0.05, 0.1) is 0 Å². The first kappa shape index (κ1) is 32.2. The number of carbonyl (C=O) groups is 3. The maximum atomic E-state index is 14.4. The van der Waals surface area contributed by atoms with Crippen molar-refractivity contribution in [2.75, 3.05) is 11.9 Å². The molecule has 2 atom stereocenters. The van der Waals surface area contributed by atoms with Crippen LogP contribution in [0.25, 0.3) is 0 Å². The van der Waals surface area contributed by atoms with Crippen LogP contribution in [0.4, 0.5) is 10.5 Å². The number of benzene rings is 3. The minimum absolute atomic E-state index is 0.0945. The molecule has 3 rings (SSSR count). The number of phenols is 1. The Balaban J connectivity index is 2.07. The van der Waals surface area contributed by atoms with Gasteiger partial charge in [0, 0.05) is 18.7 Å². The number of amides is 3. The van der Waals surface area contributed by atoms with Crippen LogP contribution < -0.4 is 10.6 Å². The van der Waals surface area contributed by atoms with Gasteiger partial charge in [-0.3, -0.25) is 9.59 Å². The highest BCUT2D eigenvalue weighted by molar-refractivity contribution is 5.99. The van der Waals surface area contributed by atoms with E-state index in [1.807, 2.05) is 70.2 Å². The molecule has 0 bridgehead atoms. The molecule has 8 nitrogen and oxygen atoms in total. The van der Waals surface area contributed by atoms with E-state index in [-0.39, 0.29) is 24.6 Å². The van der Waals surface area contributed by atoms with Crippen LogP contribution >= 0.6 is 0 Å². The Morgan fingerprint density at radius 2 is 1.57 bits per heavy atom. The molecular weight excluding hydrogens is 530 g/mol. The molecule has 3 N–H and O–H groups in total. The second-order valence-electron chi connectivity index (χ2n) is 11.7. The van der Waals surface area contributed by atoms with Crippen LogP contribution in [0.3, 0.4) is 0 Å². The van der Waals surface area contributed by atoms with E-state index in [1.165, 1.54) is 12.1 Å². The largest absolute Gasteiger partial charge is 0.508 e.